The van der Waals surface area contributed by atoms with Crippen LogP contribution < -0.4 is 14.8 Å². The maximum absolute atomic E-state index is 12.4. The third-order valence-corrected chi connectivity index (χ3v) is 6.76. The molecule has 0 aromatic heterocycles. The predicted molar refractivity (Wildman–Crippen MR) is 119 cm³/mol. The van der Waals surface area contributed by atoms with Crippen LogP contribution in [0.1, 0.15) is 57.6 Å². The van der Waals surface area contributed by atoms with Crippen molar-refractivity contribution >= 4 is 5.97 Å². The molecule has 1 fully saturated rings. The molecule has 2 aliphatic heterocycles. The number of nitrogens with one attached hydrogen (secondary N) is 1. The van der Waals surface area contributed by atoms with E-state index < -0.39 is 18.0 Å². The third kappa shape index (κ3) is 4.59. The summed E-state index contributed by atoms with van der Waals surface area (Å²) in [7, 11) is 3.83. The summed E-state index contributed by atoms with van der Waals surface area (Å²) in [5.41, 5.74) is 2.01. The molecule has 2 N–H and O–H groups in total. The summed E-state index contributed by atoms with van der Waals surface area (Å²) >= 11 is 0. The van der Waals surface area contributed by atoms with Crippen LogP contribution in [-0.2, 0) is 26.2 Å². The Morgan fingerprint density at radius 1 is 1.38 bits per heavy atom. The highest BCUT2D eigenvalue weighted by atomic mass is 16.6. The lowest BCUT2D eigenvalue weighted by atomic mass is 9.65. The number of rotatable bonds is 6. The van der Waals surface area contributed by atoms with Crippen LogP contribution in [0.5, 0.6) is 11.5 Å². The lowest BCUT2D eigenvalue weighted by molar-refractivity contribution is -0.186. The normalized spacial score (nSPS) is 28.2. The molecule has 3 aliphatic rings. The van der Waals surface area contributed by atoms with E-state index in [1.54, 1.807) is 7.11 Å². The number of aliphatic hydroxyl groups excluding tert-OH is 1. The second kappa shape index (κ2) is 8.82. The topological polar surface area (TPSA) is 89.5 Å². The van der Waals surface area contributed by atoms with Gasteiger partial charge in [-0.2, -0.15) is 0 Å². The first kappa shape index (κ1) is 23.3. The van der Waals surface area contributed by atoms with Crippen LogP contribution in [0.15, 0.2) is 12.1 Å². The molecule has 4 unspecified atom stereocenters. The second-order valence-electron chi connectivity index (χ2n) is 10.2. The van der Waals surface area contributed by atoms with Gasteiger partial charge in [0.25, 0.3) is 0 Å². The number of nitrogens with zero attached hydrogens (tertiary/aromatic N) is 1. The van der Waals surface area contributed by atoms with E-state index in [1.165, 1.54) is 11.1 Å². The third-order valence-electron chi connectivity index (χ3n) is 6.76. The Balaban J connectivity index is 1.43. The number of hydrogen-bond acceptors (Lipinski definition) is 8. The zero-order valence-electron chi connectivity index (χ0n) is 19.8. The highest BCUT2D eigenvalue weighted by molar-refractivity contribution is 5.72. The Hall–Kier alpha value is -1.87. The Labute approximate surface area is 190 Å². The highest BCUT2D eigenvalue weighted by Crippen LogP contribution is 2.57. The number of carbonyl (C=O) groups is 1. The number of carbonyl (C=O) groups excluding carboxylic acids is 1. The van der Waals surface area contributed by atoms with Crippen LogP contribution in [0.25, 0.3) is 0 Å². The smallest absolute Gasteiger partial charge is 0.320 e. The van der Waals surface area contributed by atoms with Gasteiger partial charge in [-0.25, -0.2) is 0 Å². The fourth-order valence-electron chi connectivity index (χ4n) is 5.36. The average Bonchev–Trinajstić information content (AvgIpc) is 2.97. The predicted octanol–water partition coefficient (Wildman–Crippen LogP) is 2.31. The van der Waals surface area contributed by atoms with E-state index in [0.29, 0.717) is 6.42 Å². The molecule has 32 heavy (non-hydrogen) atoms. The molecule has 8 nitrogen and oxygen atoms in total. The molecule has 1 saturated carbocycles. The van der Waals surface area contributed by atoms with Crippen molar-refractivity contribution in [1.82, 2.24) is 10.2 Å². The number of ether oxygens (including phenoxy) is 4. The van der Waals surface area contributed by atoms with Crippen molar-refractivity contribution in [2.45, 2.75) is 82.6 Å². The number of methoxy groups -OCH3 is 1. The summed E-state index contributed by atoms with van der Waals surface area (Å²) in [6, 6.07) is 4.15. The van der Waals surface area contributed by atoms with E-state index in [2.05, 4.69) is 23.3 Å². The van der Waals surface area contributed by atoms with Gasteiger partial charge in [-0.15, -0.1) is 0 Å². The van der Waals surface area contributed by atoms with Gasteiger partial charge in [0.15, 0.2) is 11.5 Å². The molecule has 0 amide bonds. The summed E-state index contributed by atoms with van der Waals surface area (Å²) < 4.78 is 23.2. The van der Waals surface area contributed by atoms with Gasteiger partial charge in [-0.3, -0.25) is 10.1 Å². The van der Waals surface area contributed by atoms with E-state index in [0.717, 1.165) is 43.9 Å². The van der Waals surface area contributed by atoms with Gasteiger partial charge in [-0.1, -0.05) is 6.07 Å². The minimum Gasteiger partial charge on any atom is -0.493 e. The van der Waals surface area contributed by atoms with Crippen LogP contribution in [0.2, 0.25) is 0 Å². The number of esters is 1. The molecule has 1 aromatic carbocycles. The molecule has 0 bridgehead atoms. The zero-order chi connectivity index (χ0) is 23.1. The van der Waals surface area contributed by atoms with Gasteiger partial charge in [-0.05, 0) is 65.3 Å². The van der Waals surface area contributed by atoms with E-state index in [4.69, 9.17) is 18.9 Å². The number of benzene rings is 1. The van der Waals surface area contributed by atoms with E-state index >= 15 is 0 Å². The maximum Gasteiger partial charge on any atom is 0.320 e. The van der Waals surface area contributed by atoms with Crippen LogP contribution in [0, 0.1) is 0 Å². The molecule has 178 valence electrons. The second-order valence-corrected chi connectivity index (χ2v) is 10.2. The van der Waals surface area contributed by atoms with Crippen LogP contribution >= 0.6 is 0 Å². The van der Waals surface area contributed by atoms with Crippen molar-refractivity contribution in [3.63, 3.8) is 0 Å². The number of hydrogen-bond donors (Lipinski definition) is 2. The summed E-state index contributed by atoms with van der Waals surface area (Å²) in [6.45, 7) is 7.27. The van der Waals surface area contributed by atoms with Gasteiger partial charge in [0.2, 0.25) is 6.41 Å². The fourth-order valence-corrected chi connectivity index (χ4v) is 5.36. The highest BCUT2D eigenvalue weighted by Gasteiger charge is 2.55. The Bertz CT molecular complexity index is 854. The van der Waals surface area contributed by atoms with Gasteiger partial charge >= 0.3 is 5.97 Å². The van der Waals surface area contributed by atoms with Crippen LogP contribution in [0.4, 0.5) is 0 Å². The fraction of sp³-hybridized carbons (Fsp3) is 0.708. The molecular formula is C24H36N2O6. The van der Waals surface area contributed by atoms with Gasteiger partial charge in [0, 0.05) is 23.9 Å². The van der Waals surface area contributed by atoms with Crippen molar-refractivity contribution < 1.29 is 28.8 Å². The molecule has 1 aliphatic carbocycles. The van der Waals surface area contributed by atoms with E-state index in [-0.39, 0.29) is 24.2 Å². The van der Waals surface area contributed by atoms with Crippen molar-refractivity contribution in [1.29, 1.82) is 0 Å². The van der Waals surface area contributed by atoms with Crippen molar-refractivity contribution in [2.75, 3.05) is 27.2 Å². The quantitative estimate of drug-likeness (QED) is 0.506. The standard InChI is InChI=1S/C24H36N2O6/c1-23(2,3)32-22(28)25-13-19(27)30-16-8-9-24-10-11-26(4)14-15-6-7-17(29-5)21(20(15)24)31-18(24)12-16/h6-7,16,18,22,25,28H,8-14H2,1-5H3. The Morgan fingerprint density at radius 2 is 2.16 bits per heavy atom. The molecule has 2 heterocycles. The summed E-state index contributed by atoms with van der Waals surface area (Å²) in [4.78, 5) is 14.7. The molecule has 1 aromatic rings. The van der Waals surface area contributed by atoms with Gasteiger partial charge in [0.1, 0.15) is 12.2 Å². The minimum absolute atomic E-state index is 0.0478. The van der Waals surface area contributed by atoms with Gasteiger partial charge < -0.3 is 29.0 Å². The monoisotopic (exact) mass is 448 g/mol. The summed E-state index contributed by atoms with van der Waals surface area (Å²) in [5, 5.41) is 12.5. The first-order valence-corrected chi connectivity index (χ1v) is 11.5. The van der Waals surface area contributed by atoms with Crippen LogP contribution in [0.3, 0.4) is 0 Å². The van der Waals surface area contributed by atoms with Gasteiger partial charge in [0.05, 0.1) is 19.3 Å². The number of aliphatic hydroxyl groups is 1. The Morgan fingerprint density at radius 3 is 2.88 bits per heavy atom. The molecule has 0 saturated heterocycles. The zero-order valence-corrected chi connectivity index (χ0v) is 19.8. The summed E-state index contributed by atoms with van der Waals surface area (Å²) in [5.74, 6) is 1.23. The van der Waals surface area contributed by atoms with Crippen molar-refractivity contribution in [3.8, 4) is 11.5 Å². The molecular weight excluding hydrogens is 412 g/mol. The SMILES string of the molecule is COc1ccc2c3c1OC1CC(OC(=O)CNC(O)OC(C)(C)C)CCC31CCN(C)C2. The van der Waals surface area contributed by atoms with Crippen molar-refractivity contribution in [3.05, 3.63) is 23.3 Å². The lowest BCUT2D eigenvalue weighted by Gasteiger charge is -2.41. The van der Waals surface area contributed by atoms with Crippen molar-refractivity contribution in [2.24, 2.45) is 0 Å². The van der Waals surface area contributed by atoms with E-state index in [1.807, 2.05) is 26.8 Å². The average molecular weight is 449 g/mol. The molecule has 4 rings (SSSR count). The summed E-state index contributed by atoms with van der Waals surface area (Å²) in [6.07, 6.45) is 1.86. The molecule has 8 heteroatoms. The molecule has 0 radical (unpaired) electrons. The first-order valence-electron chi connectivity index (χ1n) is 11.5. The molecule has 4 atom stereocenters. The lowest BCUT2D eigenvalue weighted by Crippen LogP contribution is -2.47. The Kier molecular flexibility index (Phi) is 6.42. The van der Waals surface area contributed by atoms with Crippen LogP contribution in [-0.4, -0.2) is 67.4 Å². The molecule has 1 spiro atoms. The first-order chi connectivity index (χ1) is 15.1. The minimum atomic E-state index is -1.22. The maximum atomic E-state index is 12.4. The largest absolute Gasteiger partial charge is 0.493 e. The van der Waals surface area contributed by atoms with E-state index in [9.17, 15) is 9.90 Å².